The maximum Gasteiger partial charge on any atom is 0.0737 e. The summed E-state index contributed by atoms with van der Waals surface area (Å²) in [5.74, 6) is 2.02. The molecule has 1 saturated heterocycles. The van der Waals surface area contributed by atoms with Gasteiger partial charge >= 0.3 is 0 Å². The van der Waals surface area contributed by atoms with Crippen LogP contribution in [0.3, 0.4) is 0 Å². The molecule has 0 aromatic heterocycles. The number of hydrogen-bond acceptors (Lipinski definition) is 4. The third-order valence-electron chi connectivity index (χ3n) is 8.73. The molecule has 0 bridgehead atoms. The summed E-state index contributed by atoms with van der Waals surface area (Å²) in [5.41, 5.74) is 4.56. The molecule has 0 amide bonds. The average Bonchev–Trinajstić information content (AvgIpc) is 2.90. The Morgan fingerprint density at radius 1 is 1.06 bits per heavy atom. The maximum atomic E-state index is 7.81. The highest BCUT2D eigenvalue weighted by atomic mass is 35.5. The second-order valence-corrected chi connectivity index (χ2v) is 11.2. The fraction of sp³-hybridized carbons (Fsp3) is 0.533. The van der Waals surface area contributed by atoms with Gasteiger partial charge in [0.1, 0.15) is 0 Å². The number of fused-ring (bicyclic) bond motifs is 1. The van der Waals surface area contributed by atoms with Gasteiger partial charge in [0.25, 0.3) is 0 Å². The van der Waals surface area contributed by atoms with Crippen LogP contribution < -0.4 is 5.32 Å². The van der Waals surface area contributed by atoms with Gasteiger partial charge in [-0.3, -0.25) is 4.99 Å². The van der Waals surface area contributed by atoms with Gasteiger partial charge in [-0.1, -0.05) is 68.1 Å². The highest BCUT2D eigenvalue weighted by Gasteiger charge is 2.35. The van der Waals surface area contributed by atoms with Gasteiger partial charge in [0.2, 0.25) is 0 Å². The van der Waals surface area contributed by atoms with Gasteiger partial charge in [0.05, 0.1) is 11.4 Å². The van der Waals surface area contributed by atoms with Gasteiger partial charge in [-0.25, -0.2) is 0 Å². The van der Waals surface area contributed by atoms with E-state index < -0.39 is 0 Å². The minimum atomic E-state index is 0.475. The number of piperidine rings is 1. The van der Waals surface area contributed by atoms with Gasteiger partial charge in [0, 0.05) is 59.7 Å². The third kappa shape index (κ3) is 5.65. The predicted molar refractivity (Wildman–Crippen MR) is 148 cm³/mol. The first-order valence-corrected chi connectivity index (χ1v) is 13.9. The zero-order valence-corrected chi connectivity index (χ0v) is 21.6. The Labute approximate surface area is 215 Å². The summed E-state index contributed by atoms with van der Waals surface area (Å²) >= 11 is 6.51. The number of benzene rings is 1. The number of hydrogen-bond donors (Lipinski definition) is 2. The van der Waals surface area contributed by atoms with E-state index in [0.29, 0.717) is 17.5 Å². The molecule has 35 heavy (non-hydrogen) atoms. The van der Waals surface area contributed by atoms with E-state index in [4.69, 9.17) is 22.0 Å². The van der Waals surface area contributed by atoms with Crippen LogP contribution in [0, 0.1) is 17.2 Å². The Morgan fingerprint density at radius 2 is 1.83 bits per heavy atom. The SMILES string of the molecule is C=C/C(C=N)=C1/CC(NC2CCN(C3CCC4CCCCC4C3)CC2)=CC(c2ccccc2Cl)=N1. The smallest absolute Gasteiger partial charge is 0.0737 e. The summed E-state index contributed by atoms with van der Waals surface area (Å²) in [7, 11) is 0. The molecule has 186 valence electrons. The van der Waals surface area contributed by atoms with Crippen LogP contribution in [-0.4, -0.2) is 42.0 Å². The van der Waals surface area contributed by atoms with Crippen LogP contribution in [0.5, 0.6) is 0 Å². The first-order chi connectivity index (χ1) is 17.1. The molecule has 3 atom stereocenters. The summed E-state index contributed by atoms with van der Waals surface area (Å²) in [6, 6.07) is 9.12. The lowest BCUT2D eigenvalue weighted by Gasteiger charge is -2.45. The molecular weight excluding hydrogens is 452 g/mol. The standard InChI is InChI=1S/C30H39ClN4/c1-2-21(20-32)29-18-25(19-30(34-29)27-9-5-6-10-28(27)31)33-24-13-15-35(16-14-24)26-12-11-22-7-3-4-8-23(22)17-26/h2,5-6,9-10,19-20,22-24,26,32-33H,1,3-4,7-8,11-18H2/b29-21+,32-20?. The first kappa shape index (κ1) is 24.5. The second-order valence-electron chi connectivity index (χ2n) is 10.8. The fourth-order valence-electron chi connectivity index (χ4n) is 6.79. The normalized spacial score (nSPS) is 29.5. The van der Waals surface area contributed by atoms with Crippen molar-refractivity contribution >= 4 is 23.5 Å². The summed E-state index contributed by atoms with van der Waals surface area (Å²) < 4.78 is 0. The summed E-state index contributed by atoms with van der Waals surface area (Å²) in [6.45, 7) is 6.28. The molecule has 1 aromatic rings. The number of nitrogens with zero attached hydrogens (tertiary/aromatic N) is 2. The van der Waals surface area contributed by atoms with Crippen LogP contribution in [0.15, 0.2) is 65.0 Å². The molecule has 0 radical (unpaired) electrons. The van der Waals surface area contributed by atoms with E-state index in [-0.39, 0.29) is 0 Å². The molecule has 4 nitrogen and oxygen atoms in total. The topological polar surface area (TPSA) is 51.5 Å². The number of aliphatic imine (C=N–C) groups is 1. The van der Waals surface area contributed by atoms with Crippen LogP contribution in [0.1, 0.15) is 69.8 Å². The third-order valence-corrected chi connectivity index (χ3v) is 9.06. The molecule has 3 fully saturated rings. The van der Waals surface area contributed by atoms with Gasteiger partial charge in [-0.15, -0.1) is 0 Å². The number of halogens is 1. The van der Waals surface area contributed by atoms with Gasteiger partial charge in [0.15, 0.2) is 0 Å². The summed E-state index contributed by atoms with van der Waals surface area (Å²) in [5, 5.41) is 12.3. The monoisotopic (exact) mass is 490 g/mol. The molecule has 4 aliphatic rings. The van der Waals surface area contributed by atoms with E-state index in [1.807, 2.05) is 24.3 Å². The number of likely N-dealkylation sites (tertiary alicyclic amines) is 1. The van der Waals surface area contributed by atoms with E-state index in [1.54, 1.807) is 6.08 Å². The Hall–Kier alpha value is -2.17. The molecule has 1 aromatic carbocycles. The fourth-order valence-corrected chi connectivity index (χ4v) is 7.02. The molecule has 2 aliphatic heterocycles. The van der Waals surface area contributed by atoms with Gasteiger partial charge < -0.3 is 15.6 Å². The number of rotatable bonds is 6. The van der Waals surface area contributed by atoms with Crippen molar-refractivity contribution in [2.24, 2.45) is 16.8 Å². The Kier molecular flexibility index (Phi) is 7.89. The lowest BCUT2D eigenvalue weighted by atomic mass is 9.69. The number of dihydropyridines is 1. The molecule has 2 aliphatic carbocycles. The number of nitrogens with one attached hydrogen (secondary N) is 2. The van der Waals surface area contributed by atoms with Crippen LogP contribution in [0.25, 0.3) is 0 Å². The Morgan fingerprint density at radius 3 is 2.57 bits per heavy atom. The lowest BCUT2D eigenvalue weighted by molar-refractivity contribution is 0.0573. The van der Waals surface area contributed by atoms with Crippen LogP contribution >= 0.6 is 11.6 Å². The van der Waals surface area contributed by atoms with Crippen molar-refractivity contribution < 1.29 is 0 Å². The van der Waals surface area contributed by atoms with Crippen molar-refractivity contribution in [2.45, 2.75) is 76.3 Å². The summed E-state index contributed by atoms with van der Waals surface area (Å²) in [6.07, 6.45) is 18.4. The van der Waals surface area contributed by atoms with Crippen molar-refractivity contribution in [3.8, 4) is 0 Å². The number of allylic oxidation sites excluding steroid dienone is 3. The van der Waals surface area contributed by atoms with Crippen LogP contribution in [-0.2, 0) is 0 Å². The predicted octanol–water partition coefficient (Wildman–Crippen LogP) is 6.92. The van der Waals surface area contributed by atoms with Crippen LogP contribution in [0.4, 0.5) is 0 Å². The van der Waals surface area contributed by atoms with Crippen molar-refractivity contribution in [3.05, 3.63) is 70.5 Å². The zero-order valence-electron chi connectivity index (χ0n) is 20.8. The van der Waals surface area contributed by atoms with E-state index >= 15 is 0 Å². The summed E-state index contributed by atoms with van der Waals surface area (Å²) in [4.78, 5) is 7.67. The molecule has 2 heterocycles. The van der Waals surface area contributed by atoms with E-state index in [9.17, 15) is 0 Å². The molecule has 2 N–H and O–H groups in total. The zero-order chi connectivity index (χ0) is 24.2. The van der Waals surface area contributed by atoms with Gasteiger partial charge in [-0.2, -0.15) is 0 Å². The van der Waals surface area contributed by atoms with E-state index in [0.717, 1.165) is 46.1 Å². The van der Waals surface area contributed by atoms with Crippen LogP contribution in [0.2, 0.25) is 5.02 Å². The van der Waals surface area contributed by atoms with Crippen molar-refractivity contribution in [1.82, 2.24) is 10.2 Å². The molecule has 5 heteroatoms. The largest absolute Gasteiger partial charge is 0.385 e. The minimum Gasteiger partial charge on any atom is -0.385 e. The van der Waals surface area contributed by atoms with E-state index in [2.05, 4.69) is 22.9 Å². The van der Waals surface area contributed by atoms with Crippen molar-refractivity contribution in [2.75, 3.05) is 13.1 Å². The molecule has 2 saturated carbocycles. The first-order valence-electron chi connectivity index (χ1n) is 13.6. The lowest BCUT2D eigenvalue weighted by Crippen LogP contribution is -2.49. The molecule has 5 rings (SSSR count). The highest BCUT2D eigenvalue weighted by molar-refractivity contribution is 6.35. The highest BCUT2D eigenvalue weighted by Crippen LogP contribution is 2.42. The van der Waals surface area contributed by atoms with E-state index in [1.165, 1.54) is 77.1 Å². The Bertz CT molecular complexity index is 1020. The van der Waals surface area contributed by atoms with Crippen molar-refractivity contribution in [3.63, 3.8) is 0 Å². The maximum absolute atomic E-state index is 7.81. The minimum absolute atomic E-state index is 0.475. The van der Waals surface area contributed by atoms with Gasteiger partial charge in [-0.05, 0) is 56.1 Å². The quantitative estimate of drug-likeness (QED) is 0.425. The molecule has 3 unspecified atom stereocenters. The second kappa shape index (κ2) is 11.3. The Balaban J connectivity index is 1.24. The molecule has 0 spiro atoms. The average molecular weight is 491 g/mol. The van der Waals surface area contributed by atoms with Crippen molar-refractivity contribution in [1.29, 1.82) is 5.41 Å². The molecular formula is C30H39ClN4.